The highest BCUT2D eigenvalue weighted by atomic mass is 32.2. The summed E-state index contributed by atoms with van der Waals surface area (Å²) in [4.78, 5) is 12.4. The first-order chi connectivity index (χ1) is 13.8. The highest BCUT2D eigenvalue weighted by Gasteiger charge is 2.31. The van der Waals surface area contributed by atoms with Gasteiger partial charge in [0.25, 0.3) is 0 Å². The second-order valence-corrected chi connectivity index (χ2v) is 9.79. The first-order valence-electron chi connectivity index (χ1n) is 10.2. The fraction of sp³-hybridized carbons (Fsp3) is 0.591. The van der Waals surface area contributed by atoms with Crippen LogP contribution in [0.1, 0.15) is 39.7 Å². The van der Waals surface area contributed by atoms with Crippen molar-refractivity contribution in [3.8, 4) is 0 Å². The fourth-order valence-corrected chi connectivity index (χ4v) is 5.02. The zero-order valence-electron chi connectivity index (χ0n) is 17.8. The Kier molecular flexibility index (Phi) is 9.02. The van der Waals surface area contributed by atoms with Gasteiger partial charge in [0.15, 0.2) is 0 Å². The van der Waals surface area contributed by atoms with Crippen LogP contribution in [-0.2, 0) is 30.9 Å². The van der Waals surface area contributed by atoms with Crippen molar-refractivity contribution >= 4 is 15.8 Å². The van der Waals surface area contributed by atoms with Crippen molar-refractivity contribution in [2.45, 2.75) is 52.1 Å². The molecule has 1 saturated heterocycles. The zero-order valence-corrected chi connectivity index (χ0v) is 18.7. The van der Waals surface area contributed by atoms with Gasteiger partial charge in [0.2, 0.25) is 10.0 Å². The molecule has 0 amide bonds. The molecule has 1 aromatic rings. The van der Waals surface area contributed by atoms with Crippen molar-refractivity contribution in [1.82, 2.24) is 4.31 Å². The molecule has 1 aliphatic heterocycles. The molecule has 2 rings (SSSR count). The molecule has 0 radical (unpaired) electrons. The molecule has 1 aromatic carbocycles. The molecule has 162 valence electrons. The maximum absolute atomic E-state index is 12.9. The molecule has 0 aliphatic carbocycles. The lowest BCUT2D eigenvalue weighted by atomic mass is 9.92. The van der Waals surface area contributed by atoms with Gasteiger partial charge in [-0.15, -0.1) is 0 Å². The molecule has 0 bridgehead atoms. The highest BCUT2D eigenvalue weighted by molar-refractivity contribution is 7.89. The standard InChI is InChI=1S/C22H33NO5S/c1-5-21(24)19(4)22(28-16-20-9-7-6-8-10-20)17(2)15-18(3)29(25,26)23-11-13-27-14-12-23/h6-10,15,18-19,22H,5,11-14,16H2,1-4H3/b17-15-/t18-,19-,22-/m1/s1. The van der Waals surface area contributed by atoms with Crippen molar-refractivity contribution in [3.05, 3.63) is 47.5 Å². The molecule has 0 N–H and O–H groups in total. The van der Waals surface area contributed by atoms with E-state index < -0.39 is 21.4 Å². The number of hydrogen-bond acceptors (Lipinski definition) is 5. The van der Waals surface area contributed by atoms with Crippen LogP contribution in [0.3, 0.4) is 0 Å². The Bertz CT molecular complexity index is 785. The molecule has 29 heavy (non-hydrogen) atoms. The van der Waals surface area contributed by atoms with Crippen LogP contribution in [0.2, 0.25) is 0 Å². The molecule has 0 aromatic heterocycles. The van der Waals surface area contributed by atoms with Gasteiger partial charge in [-0.1, -0.05) is 50.3 Å². The van der Waals surface area contributed by atoms with Crippen LogP contribution in [0.25, 0.3) is 0 Å². The van der Waals surface area contributed by atoms with E-state index in [2.05, 4.69) is 0 Å². The number of hydrogen-bond donors (Lipinski definition) is 0. The molecular formula is C22H33NO5S. The highest BCUT2D eigenvalue weighted by Crippen LogP contribution is 2.23. The normalized spacial score (nSPS) is 19.5. The maximum Gasteiger partial charge on any atom is 0.220 e. The van der Waals surface area contributed by atoms with E-state index in [1.807, 2.05) is 51.1 Å². The summed E-state index contributed by atoms with van der Waals surface area (Å²) in [6, 6.07) is 9.75. The van der Waals surface area contributed by atoms with Crippen molar-refractivity contribution in [2.75, 3.05) is 26.3 Å². The Morgan fingerprint density at radius 2 is 1.83 bits per heavy atom. The quantitative estimate of drug-likeness (QED) is 0.541. The third kappa shape index (κ3) is 6.47. The van der Waals surface area contributed by atoms with Crippen LogP contribution in [0.4, 0.5) is 0 Å². The van der Waals surface area contributed by atoms with Crippen molar-refractivity contribution < 1.29 is 22.7 Å². The van der Waals surface area contributed by atoms with Crippen LogP contribution in [0, 0.1) is 5.92 Å². The van der Waals surface area contributed by atoms with E-state index in [4.69, 9.17) is 9.47 Å². The summed E-state index contributed by atoms with van der Waals surface area (Å²) >= 11 is 0. The maximum atomic E-state index is 12.9. The van der Waals surface area contributed by atoms with Gasteiger partial charge >= 0.3 is 0 Å². The lowest BCUT2D eigenvalue weighted by Gasteiger charge is -2.29. The number of rotatable bonds is 10. The second-order valence-electron chi connectivity index (χ2n) is 7.50. The van der Waals surface area contributed by atoms with E-state index in [9.17, 15) is 13.2 Å². The van der Waals surface area contributed by atoms with Crippen molar-refractivity contribution in [2.24, 2.45) is 5.92 Å². The summed E-state index contributed by atoms with van der Waals surface area (Å²) < 4.78 is 38.7. The molecule has 6 nitrogen and oxygen atoms in total. The number of carbonyl (C=O) groups excluding carboxylic acids is 1. The lowest BCUT2D eigenvalue weighted by molar-refractivity contribution is -0.126. The predicted molar refractivity (Wildman–Crippen MR) is 114 cm³/mol. The lowest BCUT2D eigenvalue weighted by Crippen LogP contribution is -2.44. The number of sulfonamides is 1. The number of nitrogens with zero attached hydrogens (tertiary/aromatic N) is 1. The molecule has 7 heteroatoms. The van der Waals surface area contributed by atoms with E-state index in [0.29, 0.717) is 39.3 Å². The SMILES string of the molecule is CCC(=O)[C@@H](C)[C@H](OCc1ccccc1)/C(C)=C\[C@@H](C)S(=O)(=O)N1CCOCC1. The van der Waals surface area contributed by atoms with Crippen molar-refractivity contribution in [1.29, 1.82) is 0 Å². The molecule has 0 spiro atoms. The molecule has 0 saturated carbocycles. The minimum atomic E-state index is -3.47. The minimum Gasteiger partial charge on any atom is -0.379 e. The van der Waals surface area contributed by atoms with Gasteiger partial charge < -0.3 is 9.47 Å². The molecule has 1 fully saturated rings. The Morgan fingerprint density at radius 3 is 2.41 bits per heavy atom. The van der Waals surface area contributed by atoms with E-state index in [1.54, 1.807) is 13.0 Å². The van der Waals surface area contributed by atoms with Gasteiger partial charge in [-0.25, -0.2) is 8.42 Å². The van der Waals surface area contributed by atoms with Gasteiger partial charge in [0.1, 0.15) is 5.78 Å². The predicted octanol–water partition coefficient (Wildman–Crippen LogP) is 3.18. The molecule has 1 heterocycles. The van der Waals surface area contributed by atoms with Gasteiger partial charge in [-0.2, -0.15) is 4.31 Å². The molecular weight excluding hydrogens is 390 g/mol. The number of benzene rings is 1. The van der Waals surface area contributed by atoms with Gasteiger partial charge in [-0.3, -0.25) is 4.79 Å². The third-order valence-corrected chi connectivity index (χ3v) is 7.49. The molecule has 0 unspecified atom stereocenters. The Balaban J connectivity index is 2.19. The van der Waals surface area contributed by atoms with Gasteiger partial charge in [0, 0.05) is 25.4 Å². The number of ether oxygens (including phenoxy) is 2. The average molecular weight is 424 g/mol. The van der Waals surface area contributed by atoms with Crippen molar-refractivity contribution in [3.63, 3.8) is 0 Å². The van der Waals surface area contributed by atoms with Crippen LogP contribution >= 0.6 is 0 Å². The van der Waals surface area contributed by atoms with E-state index in [-0.39, 0.29) is 11.7 Å². The summed E-state index contributed by atoms with van der Waals surface area (Å²) in [5, 5.41) is -0.702. The van der Waals surface area contributed by atoms with Crippen LogP contribution in [-0.4, -0.2) is 56.2 Å². The van der Waals surface area contributed by atoms with E-state index in [0.717, 1.165) is 11.1 Å². The Morgan fingerprint density at radius 1 is 1.21 bits per heavy atom. The Labute approximate surface area is 174 Å². The monoisotopic (exact) mass is 423 g/mol. The summed E-state index contributed by atoms with van der Waals surface area (Å²) in [6.45, 7) is 9.14. The summed E-state index contributed by atoms with van der Waals surface area (Å²) in [5.41, 5.74) is 1.77. The largest absolute Gasteiger partial charge is 0.379 e. The smallest absolute Gasteiger partial charge is 0.220 e. The van der Waals surface area contributed by atoms with Crippen LogP contribution in [0.15, 0.2) is 42.0 Å². The molecule has 1 aliphatic rings. The number of carbonyl (C=O) groups is 1. The number of Topliss-reactive ketones (excluding diaryl/α,β-unsaturated/α-hetero) is 1. The molecule has 3 atom stereocenters. The van der Waals surface area contributed by atoms with Gasteiger partial charge in [0.05, 0.1) is 31.2 Å². The number of morpholine rings is 1. The first kappa shape index (κ1) is 23.7. The summed E-state index contributed by atoms with van der Waals surface area (Å²) in [6.07, 6.45) is 1.67. The first-order valence-corrected chi connectivity index (χ1v) is 11.7. The topological polar surface area (TPSA) is 72.9 Å². The average Bonchev–Trinajstić information content (AvgIpc) is 2.74. The summed E-state index contributed by atoms with van der Waals surface area (Å²) in [7, 11) is -3.47. The zero-order chi connectivity index (χ0) is 21.4. The summed E-state index contributed by atoms with van der Waals surface area (Å²) in [5.74, 6) is -0.252. The fourth-order valence-electron chi connectivity index (χ4n) is 3.51. The van der Waals surface area contributed by atoms with Crippen LogP contribution < -0.4 is 0 Å². The second kappa shape index (κ2) is 11.0. The third-order valence-electron chi connectivity index (χ3n) is 5.33. The number of ketones is 1. The van der Waals surface area contributed by atoms with Gasteiger partial charge in [-0.05, 0) is 25.0 Å². The minimum absolute atomic E-state index is 0.0968. The van der Waals surface area contributed by atoms with E-state index in [1.165, 1.54) is 4.31 Å². The van der Waals surface area contributed by atoms with Crippen LogP contribution in [0.5, 0.6) is 0 Å². The Hall–Kier alpha value is -1.54. The van der Waals surface area contributed by atoms with E-state index >= 15 is 0 Å².